The van der Waals surface area contributed by atoms with Crippen LogP contribution in [0, 0.1) is 5.92 Å². The van der Waals surface area contributed by atoms with Gasteiger partial charge in [0.1, 0.15) is 0 Å². The van der Waals surface area contributed by atoms with E-state index in [0.29, 0.717) is 0 Å². The number of hydrogen-bond donors (Lipinski definition) is 1. The van der Waals surface area contributed by atoms with Crippen molar-refractivity contribution in [2.75, 3.05) is 18.8 Å². The van der Waals surface area contributed by atoms with Gasteiger partial charge in [0.05, 0.1) is 0 Å². The molecular formula is C15H24N2. The van der Waals surface area contributed by atoms with E-state index in [1.54, 1.807) is 0 Å². The number of anilines is 1. The molecule has 1 aromatic rings. The van der Waals surface area contributed by atoms with Crippen LogP contribution in [0.5, 0.6) is 0 Å². The number of aryl methyl sites for hydroxylation is 1. The van der Waals surface area contributed by atoms with E-state index in [2.05, 4.69) is 30.9 Å². The molecule has 1 aliphatic heterocycles. The van der Waals surface area contributed by atoms with Crippen LogP contribution in [0.3, 0.4) is 0 Å². The molecule has 1 aliphatic rings. The van der Waals surface area contributed by atoms with Crippen LogP contribution < -0.4 is 5.73 Å². The highest BCUT2D eigenvalue weighted by Crippen LogP contribution is 2.22. The third-order valence-electron chi connectivity index (χ3n) is 3.86. The Bertz CT molecular complexity index is 362. The van der Waals surface area contributed by atoms with Crippen LogP contribution >= 0.6 is 0 Å². The van der Waals surface area contributed by atoms with Gasteiger partial charge in [0, 0.05) is 18.3 Å². The Hall–Kier alpha value is -1.02. The summed E-state index contributed by atoms with van der Waals surface area (Å²) in [6, 6.07) is 8.98. The number of para-hydroxylation sites is 1. The van der Waals surface area contributed by atoms with Gasteiger partial charge in [-0.25, -0.2) is 0 Å². The Morgan fingerprint density at radius 2 is 2.06 bits per heavy atom. The van der Waals surface area contributed by atoms with Gasteiger partial charge in [0.15, 0.2) is 0 Å². The van der Waals surface area contributed by atoms with E-state index in [1.165, 1.54) is 31.5 Å². The molecule has 2 rings (SSSR count). The van der Waals surface area contributed by atoms with Crippen LogP contribution in [0.4, 0.5) is 5.69 Å². The molecule has 17 heavy (non-hydrogen) atoms. The quantitative estimate of drug-likeness (QED) is 0.809. The summed E-state index contributed by atoms with van der Waals surface area (Å²) in [4.78, 5) is 2.61. The summed E-state index contributed by atoms with van der Waals surface area (Å²) in [7, 11) is 0. The van der Waals surface area contributed by atoms with Gasteiger partial charge in [-0.15, -0.1) is 0 Å². The van der Waals surface area contributed by atoms with Crippen LogP contribution in [0.15, 0.2) is 24.3 Å². The second kappa shape index (κ2) is 5.54. The lowest BCUT2D eigenvalue weighted by Crippen LogP contribution is -2.28. The van der Waals surface area contributed by atoms with Gasteiger partial charge in [0.2, 0.25) is 0 Å². The molecule has 0 radical (unpaired) electrons. The number of nitrogens with zero attached hydrogens (tertiary/aromatic N) is 1. The van der Waals surface area contributed by atoms with E-state index in [4.69, 9.17) is 5.73 Å². The first kappa shape index (κ1) is 12.4. The Kier molecular flexibility index (Phi) is 4.06. The second-order valence-corrected chi connectivity index (χ2v) is 5.49. The zero-order chi connectivity index (χ0) is 12.3. The Balaban J connectivity index is 1.78. The fourth-order valence-electron chi connectivity index (χ4n) is 2.93. The normalized spacial score (nSPS) is 25.3. The average Bonchev–Trinajstić information content (AvgIpc) is 2.60. The van der Waals surface area contributed by atoms with E-state index in [0.717, 1.165) is 24.1 Å². The largest absolute Gasteiger partial charge is 0.399 e. The average molecular weight is 232 g/mol. The van der Waals surface area contributed by atoms with Crippen molar-refractivity contribution in [3.63, 3.8) is 0 Å². The van der Waals surface area contributed by atoms with Gasteiger partial charge in [0.25, 0.3) is 0 Å². The highest BCUT2D eigenvalue weighted by molar-refractivity contribution is 5.46. The van der Waals surface area contributed by atoms with Gasteiger partial charge in [-0.3, -0.25) is 0 Å². The van der Waals surface area contributed by atoms with Crippen molar-refractivity contribution < 1.29 is 0 Å². The van der Waals surface area contributed by atoms with Gasteiger partial charge in [-0.05, 0) is 50.3 Å². The molecule has 1 heterocycles. The first-order valence-corrected chi connectivity index (χ1v) is 6.74. The predicted octanol–water partition coefficient (Wildman–Crippen LogP) is 2.93. The summed E-state index contributed by atoms with van der Waals surface area (Å²) in [5.74, 6) is 0.867. The van der Waals surface area contributed by atoms with Crippen LogP contribution in [0.25, 0.3) is 0 Å². The molecule has 1 aromatic carbocycles. The highest BCUT2D eigenvalue weighted by Gasteiger charge is 2.25. The third-order valence-corrected chi connectivity index (χ3v) is 3.86. The molecule has 2 unspecified atom stereocenters. The molecule has 2 N–H and O–H groups in total. The van der Waals surface area contributed by atoms with Crippen molar-refractivity contribution >= 4 is 5.69 Å². The maximum atomic E-state index is 5.95. The smallest absolute Gasteiger partial charge is 0.0346 e. The van der Waals surface area contributed by atoms with E-state index < -0.39 is 0 Å². The second-order valence-electron chi connectivity index (χ2n) is 5.49. The summed E-state index contributed by atoms with van der Waals surface area (Å²) < 4.78 is 0. The third kappa shape index (κ3) is 3.22. The summed E-state index contributed by atoms with van der Waals surface area (Å²) >= 11 is 0. The van der Waals surface area contributed by atoms with Crippen LogP contribution in [0.1, 0.15) is 32.3 Å². The minimum absolute atomic E-state index is 0.762. The number of rotatable bonds is 4. The molecule has 1 saturated heterocycles. The van der Waals surface area contributed by atoms with Gasteiger partial charge < -0.3 is 10.6 Å². The Labute approximate surface area is 105 Å². The zero-order valence-corrected chi connectivity index (χ0v) is 11.0. The predicted molar refractivity (Wildman–Crippen MR) is 74.0 cm³/mol. The fourth-order valence-corrected chi connectivity index (χ4v) is 2.93. The van der Waals surface area contributed by atoms with Crippen LogP contribution in [-0.4, -0.2) is 24.0 Å². The van der Waals surface area contributed by atoms with Gasteiger partial charge in [-0.1, -0.05) is 25.1 Å². The molecule has 2 atom stereocenters. The molecule has 0 aromatic heterocycles. The van der Waals surface area contributed by atoms with Crippen molar-refractivity contribution in [2.45, 2.75) is 39.2 Å². The minimum Gasteiger partial charge on any atom is -0.399 e. The number of benzene rings is 1. The van der Waals surface area contributed by atoms with E-state index in [9.17, 15) is 0 Å². The summed E-state index contributed by atoms with van der Waals surface area (Å²) in [5.41, 5.74) is 8.19. The van der Waals surface area contributed by atoms with Gasteiger partial charge >= 0.3 is 0 Å². The molecule has 0 bridgehead atoms. The van der Waals surface area contributed by atoms with Crippen molar-refractivity contribution in [3.05, 3.63) is 29.8 Å². The van der Waals surface area contributed by atoms with Crippen LogP contribution in [0.2, 0.25) is 0 Å². The zero-order valence-electron chi connectivity index (χ0n) is 11.0. The van der Waals surface area contributed by atoms with E-state index >= 15 is 0 Å². The topological polar surface area (TPSA) is 29.3 Å². The standard InChI is InChI=1S/C15H24N2/c1-12-10-13(2)17(11-12)9-5-7-14-6-3-4-8-15(14)16/h3-4,6,8,12-13H,5,7,9-11,16H2,1-2H3. The SMILES string of the molecule is CC1CC(C)N(CCCc2ccccc2N)C1. The molecule has 2 nitrogen and oxygen atoms in total. The number of nitrogen functional groups attached to an aromatic ring is 1. The van der Waals surface area contributed by atoms with Crippen molar-refractivity contribution in [3.8, 4) is 0 Å². The number of likely N-dealkylation sites (tertiary alicyclic amines) is 1. The van der Waals surface area contributed by atoms with Crippen molar-refractivity contribution in [1.29, 1.82) is 0 Å². The summed E-state index contributed by atoms with van der Waals surface area (Å²) in [6.07, 6.45) is 3.67. The number of hydrogen-bond acceptors (Lipinski definition) is 2. The Morgan fingerprint density at radius 3 is 2.71 bits per heavy atom. The lowest BCUT2D eigenvalue weighted by molar-refractivity contribution is 0.262. The lowest BCUT2D eigenvalue weighted by Gasteiger charge is -2.20. The maximum Gasteiger partial charge on any atom is 0.0346 e. The minimum atomic E-state index is 0.762. The summed E-state index contributed by atoms with van der Waals surface area (Å²) in [6.45, 7) is 7.18. The maximum absolute atomic E-state index is 5.95. The monoisotopic (exact) mass is 232 g/mol. The van der Waals surface area contributed by atoms with Gasteiger partial charge in [-0.2, -0.15) is 0 Å². The van der Waals surface area contributed by atoms with Crippen LogP contribution in [-0.2, 0) is 6.42 Å². The first-order valence-electron chi connectivity index (χ1n) is 6.74. The Morgan fingerprint density at radius 1 is 1.29 bits per heavy atom. The molecule has 0 spiro atoms. The fraction of sp³-hybridized carbons (Fsp3) is 0.600. The molecule has 2 heteroatoms. The van der Waals surface area contributed by atoms with Crippen molar-refractivity contribution in [1.82, 2.24) is 4.90 Å². The molecule has 94 valence electrons. The summed E-state index contributed by atoms with van der Waals surface area (Å²) in [5, 5.41) is 0. The van der Waals surface area contributed by atoms with E-state index in [1.807, 2.05) is 12.1 Å². The molecule has 1 fully saturated rings. The molecular weight excluding hydrogens is 208 g/mol. The molecule has 0 saturated carbocycles. The molecule has 0 aliphatic carbocycles. The number of nitrogens with two attached hydrogens (primary N) is 1. The van der Waals surface area contributed by atoms with Crippen molar-refractivity contribution in [2.24, 2.45) is 5.92 Å². The lowest BCUT2D eigenvalue weighted by atomic mass is 10.1. The molecule has 0 amide bonds. The first-order chi connectivity index (χ1) is 8.16. The van der Waals surface area contributed by atoms with E-state index in [-0.39, 0.29) is 0 Å². The highest BCUT2D eigenvalue weighted by atomic mass is 15.2.